The molecule has 2 aliphatic heterocycles. The highest BCUT2D eigenvalue weighted by molar-refractivity contribution is 5.73. The number of hydrogen-bond acceptors (Lipinski definition) is 3. The number of benzene rings is 1. The van der Waals surface area contributed by atoms with Gasteiger partial charge in [-0.1, -0.05) is 18.6 Å². The van der Waals surface area contributed by atoms with Gasteiger partial charge in [-0.05, 0) is 31.5 Å². The number of nitrogens with zero attached hydrogens (tertiary/aromatic N) is 2. The summed E-state index contributed by atoms with van der Waals surface area (Å²) in [4.78, 5) is 4.99. The first kappa shape index (κ1) is 11.8. The number of para-hydroxylation sites is 2. The molecule has 0 aromatic heterocycles. The van der Waals surface area contributed by atoms with Crippen molar-refractivity contribution in [3.05, 3.63) is 24.3 Å². The van der Waals surface area contributed by atoms with E-state index in [1.54, 1.807) is 0 Å². The van der Waals surface area contributed by atoms with Gasteiger partial charge in [0.1, 0.15) is 0 Å². The molecule has 1 unspecified atom stereocenters. The largest absolute Gasteiger partial charge is 0.371 e. The maximum Gasteiger partial charge on any atom is 0.0607 e. The first-order valence-corrected chi connectivity index (χ1v) is 7.14. The van der Waals surface area contributed by atoms with E-state index in [1.807, 2.05) is 0 Å². The number of rotatable bonds is 1. The number of likely N-dealkylation sites (N-methyl/N-ethyl adjacent to an activating group) is 1. The summed E-state index contributed by atoms with van der Waals surface area (Å²) in [6.07, 6.45) is 4.00. The van der Waals surface area contributed by atoms with Crippen LogP contribution >= 0.6 is 0 Å². The third kappa shape index (κ3) is 2.19. The van der Waals surface area contributed by atoms with Crippen molar-refractivity contribution in [3.63, 3.8) is 0 Å². The lowest BCUT2D eigenvalue weighted by molar-refractivity contribution is 0.533. The molecule has 1 aromatic carbocycles. The van der Waals surface area contributed by atoms with E-state index in [1.165, 1.54) is 37.2 Å². The molecule has 0 bridgehead atoms. The average Bonchev–Trinajstić information content (AvgIpc) is 2.68. The molecule has 1 aromatic rings. The molecule has 3 rings (SSSR count). The van der Waals surface area contributed by atoms with Crippen molar-refractivity contribution in [2.75, 3.05) is 43.0 Å². The van der Waals surface area contributed by atoms with Gasteiger partial charge in [0.05, 0.1) is 11.4 Å². The minimum absolute atomic E-state index is 0.669. The lowest BCUT2D eigenvalue weighted by atomic mass is 10.1. The molecule has 1 saturated heterocycles. The predicted octanol–water partition coefficient (Wildman–Crippen LogP) is 2.08. The molecule has 18 heavy (non-hydrogen) atoms. The van der Waals surface area contributed by atoms with E-state index < -0.39 is 0 Å². The van der Waals surface area contributed by atoms with E-state index >= 15 is 0 Å². The van der Waals surface area contributed by atoms with Crippen molar-refractivity contribution in [2.45, 2.75) is 25.3 Å². The van der Waals surface area contributed by atoms with E-state index in [4.69, 9.17) is 0 Å². The Labute approximate surface area is 110 Å². The van der Waals surface area contributed by atoms with E-state index in [-0.39, 0.29) is 0 Å². The van der Waals surface area contributed by atoms with Crippen molar-refractivity contribution in [2.24, 2.45) is 0 Å². The molecule has 2 aliphatic rings. The monoisotopic (exact) mass is 245 g/mol. The van der Waals surface area contributed by atoms with Gasteiger partial charge in [-0.3, -0.25) is 0 Å². The van der Waals surface area contributed by atoms with Crippen LogP contribution < -0.4 is 15.1 Å². The fourth-order valence-electron chi connectivity index (χ4n) is 3.17. The van der Waals surface area contributed by atoms with E-state index in [2.05, 4.69) is 46.4 Å². The van der Waals surface area contributed by atoms with Gasteiger partial charge in [0.15, 0.2) is 0 Å². The van der Waals surface area contributed by atoms with Crippen LogP contribution in [0.15, 0.2) is 24.3 Å². The first-order chi connectivity index (χ1) is 8.86. The van der Waals surface area contributed by atoms with Crippen LogP contribution in [0.1, 0.15) is 19.3 Å². The molecule has 0 aliphatic carbocycles. The predicted molar refractivity (Wildman–Crippen MR) is 77.6 cm³/mol. The van der Waals surface area contributed by atoms with Crippen LogP contribution in [0.3, 0.4) is 0 Å². The highest BCUT2D eigenvalue weighted by atomic mass is 15.3. The van der Waals surface area contributed by atoms with Gasteiger partial charge in [-0.15, -0.1) is 0 Å². The molecular formula is C15H23N3. The van der Waals surface area contributed by atoms with Crippen LogP contribution in [0, 0.1) is 0 Å². The standard InChI is InChI=1S/C15H23N3/c1-17-10-11-18(13-6-4-5-9-16-12-13)15-8-3-2-7-14(15)17/h2-3,7-8,13,16H,4-6,9-12H2,1H3. The molecule has 3 nitrogen and oxygen atoms in total. The zero-order valence-electron chi connectivity index (χ0n) is 11.2. The van der Waals surface area contributed by atoms with Gasteiger partial charge < -0.3 is 15.1 Å². The Morgan fingerprint density at radius 1 is 1.11 bits per heavy atom. The normalized spacial score (nSPS) is 24.6. The molecule has 0 radical (unpaired) electrons. The summed E-state index contributed by atoms with van der Waals surface area (Å²) >= 11 is 0. The van der Waals surface area contributed by atoms with Crippen LogP contribution in [0.5, 0.6) is 0 Å². The second-order valence-corrected chi connectivity index (χ2v) is 5.46. The highest BCUT2D eigenvalue weighted by Crippen LogP contribution is 2.34. The van der Waals surface area contributed by atoms with Gasteiger partial charge in [-0.25, -0.2) is 0 Å². The SMILES string of the molecule is CN1CCN(C2CCCCNC2)c2ccccc21. The van der Waals surface area contributed by atoms with Crippen molar-refractivity contribution in [1.82, 2.24) is 5.32 Å². The Balaban J connectivity index is 1.86. The molecule has 0 saturated carbocycles. The summed E-state index contributed by atoms with van der Waals surface area (Å²) in [7, 11) is 2.20. The second-order valence-electron chi connectivity index (χ2n) is 5.46. The third-order valence-corrected chi connectivity index (χ3v) is 4.24. The van der Waals surface area contributed by atoms with E-state index in [0.717, 1.165) is 19.6 Å². The van der Waals surface area contributed by atoms with Gasteiger partial charge in [0, 0.05) is 32.7 Å². The summed E-state index contributed by atoms with van der Waals surface area (Å²) in [5, 5.41) is 3.58. The molecule has 1 fully saturated rings. The average molecular weight is 245 g/mol. The van der Waals surface area contributed by atoms with Crippen LogP contribution in [0.4, 0.5) is 11.4 Å². The second kappa shape index (κ2) is 5.19. The van der Waals surface area contributed by atoms with Crippen LogP contribution in [0.2, 0.25) is 0 Å². The summed E-state index contributed by atoms with van der Waals surface area (Å²) in [6, 6.07) is 9.49. The Bertz CT molecular complexity index is 396. The molecule has 0 spiro atoms. The fraction of sp³-hybridized carbons (Fsp3) is 0.600. The number of nitrogens with one attached hydrogen (secondary N) is 1. The minimum atomic E-state index is 0.669. The minimum Gasteiger partial charge on any atom is -0.371 e. The van der Waals surface area contributed by atoms with Gasteiger partial charge in [0.25, 0.3) is 0 Å². The quantitative estimate of drug-likeness (QED) is 0.817. The smallest absolute Gasteiger partial charge is 0.0607 e. The lowest BCUT2D eigenvalue weighted by Crippen LogP contribution is -2.48. The Hall–Kier alpha value is -1.22. The molecule has 1 atom stereocenters. The van der Waals surface area contributed by atoms with Crippen LogP contribution in [-0.4, -0.2) is 39.3 Å². The van der Waals surface area contributed by atoms with Gasteiger partial charge >= 0.3 is 0 Å². The van der Waals surface area contributed by atoms with Gasteiger partial charge in [-0.2, -0.15) is 0 Å². The highest BCUT2D eigenvalue weighted by Gasteiger charge is 2.26. The Morgan fingerprint density at radius 2 is 1.94 bits per heavy atom. The maximum absolute atomic E-state index is 3.58. The van der Waals surface area contributed by atoms with Crippen LogP contribution in [0.25, 0.3) is 0 Å². The Morgan fingerprint density at radius 3 is 2.83 bits per heavy atom. The maximum atomic E-state index is 3.58. The molecular weight excluding hydrogens is 222 g/mol. The molecule has 2 heterocycles. The van der Waals surface area contributed by atoms with E-state index in [0.29, 0.717) is 6.04 Å². The van der Waals surface area contributed by atoms with Crippen molar-refractivity contribution in [3.8, 4) is 0 Å². The van der Waals surface area contributed by atoms with Crippen molar-refractivity contribution in [1.29, 1.82) is 0 Å². The van der Waals surface area contributed by atoms with E-state index in [9.17, 15) is 0 Å². The topological polar surface area (TPSA) is 18.5 Å². The number of hydrogen-bond donors (Lipinski definition) is 1. The Kier molecular flexibility index (Phi) is 3.41. The van der Waals surface area contributed by atoms with Crippen LogP contribution in [-0.2, 0) is 0 Å². The summed E-state index contributed by atoms with van der Waals surface area (Å²) in [5.41, 5.74) is 2.80. The van der Waals surface area contributed by atoms with Crippen molar-refractivity contribution < 1.29 is 0 Å². The third-order valence-electron chi connectivity index (χ3n) is 4.24. The fourth-order valence-corrected chi connectivity index (χ4v) is 3.17. The zero-order valence-corrected chi connectivity index (χ0v) is 11.2. The van der Waals surface area contributed by atoms with Crippen molar-refractivity contribution >= 4 is 11.4 Å². The number of fused-ring (bicyclic) bond motifs is 1. The first-order valence-electron chi connectivity index (χ1n) is 7.14. The molecule has 3 heteroatoms. The zero-order chi connectivity index (χ0) is 12.4. The molecule has 1 N–H and O–H groups in total. The van der Waals surface area contributed by atoms with Gasteiger partial charge in [0.2, 0.25) is 0 Å². The summed E-state index contributed by atoms with van der Waals surface area (Å²) in [6.45, 7) is 4.61. The number of anilines is 2. The molecule has 98 valence electrons. The summed E-state index contributed by atoms with van der Waals surface area (Å²) in [5.74, 6) is 0. The molecule has 0 amide bonds. The lowest BCUT2D eigenvalue weighted by Gasteiger charge is -2.41. The summed E-state index contributed by atoms with van der Waals surface area (Å²) < 4.78 is 0.